The molecule has 1 spiro atoms. The summed E-state index contributed by atoms with van der Waals surface area (Å²) in [4.78, 5) is 2.72. The third-order valence-electron chi connectivity index (χ3n) is 8.27. The Morgan fingerprint density at radius 3 is 2.88 bits per heavy atom. The zero-order valence-corrected chi connectivity index (χ0v) is 15.8. The van der Waals surface area contributed by atoms with E-state index < -0.39 is 6.10 Å². The van der Waals surface area contributed by atoms with Crippen molar-refractivity contribution in [1.29, 1.82) is 0 Å². The molecule has 4 heteroatoms. The number of hydrogen-bond donors (Lipinski definition) is 1. The van der Waals surface area contributed by atoms with Gasteiger partial charge in [-0.05, 0) is 69.0 Å². The van der Waals surface area contributed by atoms with Crippen molar-refractivity contribution >= 4 is 0 Å². The Labute approximate surface area is 155 Å². The Hall–Kier alpha value is -1.10. The molecule has 1 N–H and O–H groups in total. The molecular weight excluding hydrogens is 326 g/mol. The van der Waals surface area contributed by atoms with Crippen molar-refractivity contribution < 1.29 is 14.6 Å². The van der Waals surface area contributed by atoms with Crippen LogP contribution in [0.2, 0.25) is 0 Å². The van der Waals surface area contributed by atoms with Gasteiger partial charge in [-0.25, -0.2) is 0 Å². The van der Waals surface area contributed by atoms with Gasteiger partial charge in [0, 0.05) is 25.3 Å². The fourth-order valence-electron chi connectivity index (χ4n) is 6.99. The highest BCUT2D eigenvalue weighted by Crippen LogP contribution is 2.65. The van der Waals surface area contributed by atoms with Gasteiger partial charge in [-0.15, -0.1) is 0 Å². The van der Waals surface area contributed by atoms with E-state index in [9.17, 15) is 5.11 Å². The highest BCUT2D eigenvalue weighted by atomic mass is 16.5. The van der Waals surface area contributed by atoms with Crippen LogP contribution in [0, 0.1) is 12.8 Å². The lowest BCUT2D eigenvalue weighted by molar-refractivity contribution is -0.222. The first-order valence-electron chi connectivity index (χ1n) is 10.4. The van der Waals surface area contributed by atoms with Crippen molar-refractivity contribution in [2.24, 2.45) is 5.92 Å². The van der Waals surface area contributed by atoms with Crippen LogP contribution in [0.3, 0.4) is 0 Å². The Morgan fingerprint density at radius 2 is 2.12 bits per heavy atom. The summed E-state index contributed by atoms with van der Waals surface area (Å²) in [5.41, 5.74) is 3.60. The van der Waals surface area contributed by atoms with E-state index in [2.05, 4.69) is 24.0 Å². The number of hydrogen-bond acceptors (Lipinski definition) is 4. The molecule has 3 fully saturated rings. The Bertz CT molecular complexity index is 775. The summed E-state index contributed by atoms with van der Waals surface area (Å²) >= 11 is 0. The third-order valence-corrected chi connectivity index (χ3v) is 8.27. The number of aliphatic hydroxyl groups is 1. The molecule has 0 radical (unpaired) electrons. The average molecular weight is 355 g/mol. The van der Waals surface area contributed by atoms with Crippen LogP contribution in [0.5, 0.6) is 5.75 Å². The summed E-state index contributed by atoms with van der Waals surface area (Å²) in [6.07, 6.45) is 6.02. The maximum Gasteiger partial charge on any atom is 0.137 e. The van der Waals surface area contributed by atoms with Gasteiger partial charge in [-0.1, -0.05) is 12.1 Å². The lowest BCUT2D eigenvalue weighted by Crippen LogP contribution is -2.77. The average Bonchev–Trinajstić information content (AvgIpc) is 3.38. The molecule has 2 saturated carbocycles. The van der Waals surface area contributed by atoms with E-state index >= 15 is 0 Å². The van der Waals surface area contributed by atoms with Crippen LogP contribution in [0.1, 0.15) is 48.8 Å². The van der Waals surface area contributed by atoms with Gasteiger partial charge in [0.15, 0.2) is 0 Å². The minimum Gasteiger partial charge on any atom is -0.486 e. The summed E-state index contributed by atoms with van der Waals surface area (Å²) in [5.74, 6) is 1.93. The molecule has 26 heavy (non-hydrogen) atoms. The summed E-state index contributed by atoms with van der Waals surface area (Å²) in [7, 11) is 1.91. The molecular formula is C22H29NO3. The maximum absolute atomic E-state index is 10.9. The SMILES string of the molecule is CO[C@@]12CC[C@H](O)C3Oc4c(C)ccc5c4C31CCN(CC1CC1)C2C5. The topological polar surface area (TPSA) is 41.9 Å². The van der Waals surface area contributed by atoms with E-state index in [1.807, 2.05) is 7.11 Å². The van der Waals surface area contributed by atoms with Gasteiger partial charge in [0.25, 0.3) is 0 Å². The van der Waals surface area contributed by atoms with Crippen LogP contribution >= 0.6 is 0 Å². The fourth-order valence-corrected chi connectivity index (χ4v) is 6.99. The largest absolute Gasteiger partial charge is 0.486 e. The molecule has 4 nitrogen and oxygen atoms in total. The number of methoxy groups -OCH3 is 1. The normalized spacial score (nSPS) is 43.1. The number of piperidine rings is 1. The second-order valence-electron chi connectivity index (χ2n) is 9.36. The van der Waals surface area contributed by atoms with E-state index in [-0.39, 0.29) is 17.1 Å². The van der Waals surface area contributed by atoms with Gasteiger partial charge >= 0.3 is 0 Å². The van der Waals surface area contributed by atoms with Gasteiger partial charge < -0.3 is 14.6 Å². The second-order valence-corrected chi connectivity index (χ2v) is 9.36. The standard InChI is InChI=1S/C22H29NO3/c1-13-3-6-15-11-17-22(25-2)8-7-16(24)20-21(22,18(15)19(13)26-20)9-10-23(17)12-14-4-5-14/h3,6,14,16-17,20,24H,4-5,7-12H2,1-2H3/t16-,17?,20?,21?,22+/m0/s1. The second kappa shape index (κ2) is 5.03. The molecule has 2 aliphatic heterocycles. The molecule has 140 valence electrons. The summed E-state index contributed by atoms with van der Waals surface area (Å²) in [6.45, 7) is 4.46. The van der Waals surface area contributed by atoms with E-state index in [1.165, 1.54) is 36.1 Å². The minimum atomic E-state index is -0.397. The van der Waals surface area contributed by atoms with Crippen LogP contribution in [-0.2, 0) is 16.6 Å². The molecule has 1 saturated heterocycles. The highest BCUT2D eigenvalue weighted by Gasteiger charge is 2.73. The van der Waals surface area contributed by atoms with Crippen molar-refractivity contribution in [3.63, 3.8) is 0 Å². The van der Waals surface area contributed by atoms with Crippen molar-refractivity contribution in [1.82, 2.24) is 4.90 Å². The van der Waals surface area contributed by atoms with Gasteiger partial charge in [-0.2, -0.15) is 0 Å². The number of likely N-dealkylation sites (tertiary alicyclic amines) is 1. The van der Waals surface area contributed by atoms with E-state index in [0.717, 1.165) is 43.9 Å². The molecule has 5 aliphatic rings. The quantitative estimate of drug-likeness (QED) is 0.905. The van der Waals surface area contributed by atoms with Crippen molar-refractivity contribution in [2.45, 2.75) is 74.7 Å². The van der Waals surface area contributed by atoms with Crippen LogP contribution in [-0.4, -0.2) is 54.1 Å². The number of aliphatic hydroxyl groups excluding tert-OH is 1. The van der Waals surface area contributed by atoms with Crippen molar-refractivity contribution in [3.8, 4) is 5.75 Å². The Morgan fingerprint density at radius 1 is 1.27 bits per heavy atom. The zero-order chi connectivity index (χ0) is 17.7. The third kappa shape index (κ3) is 1.68. The van der Waals surface area contributed by atoms with E-state index in [1.54, 1.807) is 0 Å². The first-order chi connectivity index (χ1) is 12.6. The fraction of sp³-hybridized carbons (Fsp3) is 0.727. The zero-order valence-electron chi connectivity index (χ0n) is 15.8. The number of benzene rings is 1. The van der Waals surface area contributed by atoms with Gasteiger partial charge in [0.2, 0.25) is 0 Å². The number of aryl methyl sites for hydroxylation is 1. The molecule has 1 aromatic rings. The van der Waals surface area contributed by atoms with Crippen LogP contribution in [0.4, 0.5) is 0 Å². The van der Waals surface area contributed by atoms with Crippen LogP contribution in [0.15, 0.2) is 12.1 Å². The summed E-state index contributed by atoms with van der Waals surface area (Å²) in [6, 6.07) is 4.92. The molecule has 3 aliphatic carbocycles. The monoisotopic (exact) mass is 355 g/mol. The molecule has 2 bridgehead atoms. The van der Waals surface area contributed by atoms with E-state index in [4.69, 9.17) is 9.47 Å². The Balaban J connectivity index is 1.58. The molecule has 2 heterocycles. The molecule has 0 amide bonds. The Kier molecular flexibility index (Phi) is 3.08. The minimum absolute atomic E-state index is 0.156. The molecule has 6 rings (SSSR count). The van der Waals surface area contributed by atoms with E-state index in [0.29, 0.717) is 6.04 Å². The number of nitrogens with zero attached hydrogens (tertiary/aromatic N) is 1. The summed E-state index contributed by atoms with van der Waals surface area (Å²) in [5, 5.41) is 10.9. The predicted octanol–water partition coefficient (Wildman–Crippen LogP) is 2.57. The lowest BCUT2D eigenvalue weighted by atomic mass is 9.48. The van der Waals surface area contributed by atoms with Crippen LogP contribution < -0.4 is 4.74 Å². The number of ether oxygens (including phenoxy) is 2. The maximum atomic E-state index is 10.9. The van der Waals surface area contributed by atoms with Gasteiger partial charge in [0.1, 0.15) is 11.9 Å². The summed E-state index contributed by atoms with van der Waals surface area (Å²) < 4.78 is 13.0. The lowest BCUT2D eigenvalue weighted by Gasteiger charge is -2.65. The smallest absolute Gasteiger partial charge is 0.137 e. The number of rotatable bonds is 3. The molecule has 1 aromatic carbocycles. The molecule has 0 aromatic heterocycles. The van der Waals surface area contributed by atoms with Crippen molar-refractivity contribution in [2.75, 3.05) is 20.2 Å². The van der Waals surface area contributed by atoms with Gasteiger partial charge in [-0.3, -0.25) is 4.90 Å². The first kappa shape index (κ1) is 15.9. The van der Waals surface area contributed by atoms with Crippen LogP contribution in [0.25, 0.3) is 0 Å². The van der Waals surface area contributed by atoms with Gasteiger partial charge in [0.05, 0.1) is 17.1 Å². The predicted molar refractivity (Wildman–Crippen MR) is 98.7 cm³/mol. The molecule has 5 atom stereocenters. The highest BCUT2D eigenvalue weighted by molar-refractivity contribution is 5.60. The molecule has 3 unspecified atom stereocenters. The van der Waals surface area contributed by atoms with Crippen molar-refractivity contribution in [3.05, 3.63) is 28.8 Å². The first-order valence-corrected chi connectivity index (χ1v) is 10.4.